The van der Waals surface area contributed by atoms with Gasteiger partial charge in [0.2, 0.25) is 11.8 Å². The molecule has 0 bridgehead atoms. The fourth-order valence-corrected chi connectivity index (χ4v) is 7.59. The summed E-state index contributed by atoms with van der Waals surface area (Å²) < 4.78 is 43.4. The van der Waals surface area contributed by atoms with Gasteiger partial charge in [0.05, 0.1) is 10.6 Å². The Kier molecular flexibility index (Phi) is 11.7. The molecule has 0 aliphatic heterocycles. The molecular formula is C39H44FN3O4S. The van der Waals surface area contributed by atoms with Crippen LogP contribution in [0.4, 0.5) is 10.1 Å². The zero-order chi connectivity index (χ0) is 34.1. The normalized spacial score (nSPS) is 14.3. The summed E-state index contributed by atoms with van der Waals surface area (Å²) in [5, 5.41) is 3.20. The van der Waals surface area contributed by atoms with E-state index in [0.717, 1.165) is 47.5 Å². The Morgan fingerprint density at radius 3 is 2.00 bits per heavy atom. The highest BCUT2D eigenvalue weighted by atomic mass is 32.2. The third-order valence-electron chi connectivity index (χ3n) is 8.95. The van der Waals surface area contributed by atoms with Crippen molar-refractivity contribution in [3.63, 3.8) is 0 Å². The predicted molar refractivity (Wildman–Crippen MR) is 187 cm³/mol. The lowest BCUT2D eigenvalue weighted by atomic mass is 9.94. The van der Waals surface area contributed by atoms with Gasteiger partial charge in [-0.2, -0.15) is 0 Å². The van der Waals surface area contributed by atoms with Crippen LogP contribution in [0.5, 0.6) is 0 Å². The van der Waals surface area contributed by atoms with Crippen molar-refractivity contribution < 1.29 is 22.4 Å². The Morgan fingerprint density at radius 1 is 0.792 bits per heavy atom. The fraction of sp³-hybridized carbons (Fsp3) is 0.333. The molecule has 1 saturated carbocycles. The number of rotatable bonds is 13. The number of sulfonamides is 1. The van der Waals surface area contributed by atoms with E-state index < -0.39 is 34.3 Å². The SMILES string of the molecule is CC(C)c1ccc(N(CC(=O)N(Cc2ccc(F)cc2)[C@H](Cc2ccccc2)C(=O)NC2CCCCC2)S(=O)(=O)c2ccccc2)cc1. The maximum atomic E-state index is 14.6. The first kappa shape index (κ1) is 34.8. The monoisotopic (exact) mass is 669 g/mol. The van der Waals surface area contributed by atoms with E-state index in [0.29, 0.717) is 11.3 Å². The lowest BCUT2D eigenvalue weighted by Crippen LogP contribution is -2.55. The minimum atomic E-state index is -4.19. The fourth-order valence-electron chi connectivity index (χ4n) is 6.16. The van der Waals surface area contributed by atoms with Crippen LogP contribution in [0.3, 0.4) is 0 Å². The molecule has 0 aromatic heterocycles. The van der Waals surface area contributed by atoms with Crippen molar-refractivity contribution in [3.05, 3.63) is 132 Å². The molecule has 4 aromatic carbocycles. The van der Waals surface area contributed by atoms with Crippen LogP contribution >= 0.6 is 0 Å². The zero-order valence-electron chi connectivity index (χ0n) is 27.6. The third-order valence-corrected chi connectivity index (χ3v) is 10.7. The van der Waals surface area contributed by atoms with Crippen LogP contribution in [-0.2, 0) is 32.6 Å². The summed E-state index contributed by atoms with van der Waals surface area (Å²) >= 11 is 0. The number of amides is 2. The number of halogens is 1. The third kappa shape index (κ3) is 8.89. The molecule has 1 N–H and O–H groups in total. The average Bonchev–Trinajstić information content (AvgIpc) is 3.10. The molecule has 0 saturated heterocycles. The van der Waals surface area contributed by atoms with E-state index in [9.17, 15) is 22.4 Å². The number of benzene rings is 4. The van der Waals surface area contributed by atoms with Gasteiger partial charge < -0.3 is 10.2 Å². The second kappa shape index (κ2) is 16.1. The summed E-state index contributed by atoms with van der Waals surface area (Å²) in [5.74, 6) is -1.03. The Hall–Kier alpha value is -4.50. The molecule has 1 fully saturated rings. The second-order valence-electron chi connectivity index (χ2n) is 12.8. The van der Waals surface area contributed by atoms with E-state index in [2.05, 4.69) is 19.2 Å². The van der Waals surface area contributed by atoms with Gasteiger partial charge in [0.15, 0.2) is 0 Å². The summed E-state index contributed by atoms with van der Waals surface area (Å²) in [6.45, 7) is 3.55. The van der Waals surface area contributed by atoms with Gasteiger partial charge in [-0.25, -0.2) is 12.8 Å². The Morgan fingerprint density at radius 2 is 1.40 bits per heavy atom. The quantitative estimate of drug-likeness (QED) is 0.163. The Labute approximate surface area is 283 Å². The molecule has 0 unspecified atom stereocenters. The lowest BCUT2D eigenvalue weighted by Gasteiger charge is -2.35. The highest BCUT2D eigenvalue weighted by Crippen LogP contribution is 2.27. The smallest absolute Gasteiger partial charge is 0.264 e. The number of anilines is 1. The van der Waals surface area contributed by atoms with E-state index in [1.807, 2.05) is 42.5 Å². The largest absolute Gasteiger partial charge is 0.352 e. The Bertz CT molecular complexity index is 1740. The molecule has 252 valence electrons. The van der Waals surface area contributed by atoms with E-state index in [-0.39, 0.29) is 35.7 Å². The second-order valence-corrected chi connectivity index (χ2v) is 14.6. The van der Waals surface area contributed by atoms with Crippen molar-refractivity contribution in [1.29, 1.82) is 0 Å². The van der Waals surface area contributed by atoms with Crippen LogP contribution in [-0.4, -0.2) is 43.8 Å². The molecule has 4 aromatic rings. The van der Waals surface area contributed by atoms with Crippen LogP contribution in [0.1, 0.15) is 68.6 Å². The van der Waals surface area contributed by atoms with E-state index in [1.54, 1.807) is 42.5 Å². The van der Waals surface area contributed by atoms with E-state index in [1.165, 1.54) is 29.2 Å². The Balaban J connectivity index is 1.56. The van der Waals surface area contributed by atoms with Crippen LogP contribution in [0.15, 0.2) is 114 Å². The van der Waals surface area contributed by atoms with Crippen molar-refractivity contribution in [2.45, 2.75) is 81.8 Å². The maximum absolute atomic E-state index is 14.6. The summed E-state index contributed by atoms with van der Waals surface area (Å²) in [6, 6.07) is 29.5. The van der Waals surface area contributed by atoms with Gasteiger partial charge >= 0.3 is 0 Å². The van der Waals surface area contributed by atoms with Gasteiger partial charge in [-0.05, 0) is 71.8 Å². The molecule has 7 nitrogen and oxygen atoms in total. The lowest BCUT2D eigenvalue weighted by molar-refractivity contribution is -0.140. The standard InChI is InChI=1S/C39H44FN3O4S/c1-29(2)32-20-24-35(25-21-32)43(48(46,47)36-16-10-5-11-17-36)28-38(44)42(27-31-18-22-33(40)23-19-31)37(26-30-12-6-3-7-13-30)39(45)41-34-14-8-4-9-15-34/h3,5-7,10-13,16-25,29,34,37H,4,8-9,14-15,26-28H2,1-2H3,(H,41,45)/t37-/m1/s1. The zero-order valence-corrected chi connectivity index (χ0v) is 28.4. The molecule has 5 rings (SSSR count). The van der Waals surface area contributed by atoms with Crippen LogP contribution in [0.25, 0.3) is 0 Å². The van der Waals surface area contributed by atoms with Gasteiger partial charge in [0, 0.05) is 19.0 Å². The first-order valence-electron chi connectivity index (χ1n) is 16.7. The van der Waals surface area contributed by atoms with Gasteiger partial charge in [-0.15, -0.1) is 0 Å². The molecule has 48 heavy (non-hydrogen) atoms. The maximum Gasteiger partial charge on any atom is 0.264 e. The van der Waals surface area contributed by atoms with Crippen LogP contribution in [0, 0.1) is 5.82 Å². The van der Waals surface area contributed by atoms with Crippen molar-refractivity contribution in [1.82, 2.24) is 10.2 Å². The van der Waals surface area contributed by atoms with Gasteiger partial charge in [-0.3, -0.25) is 13.9 Å². The van der Waals surface area contributed by atoms with Crippen molar-refractivity contribution in [2.24, 2.45) is 0 Å². The number of carbonyl (C=O) groups is 2. The minimum absolute atomic E-state index is 0.00160. The minimum Gasteiger partial charge on any atom is -0.352 e. The first-order valence-corrected chi connectivity index (χ1v) is 18.1. The molecule has 9 heteroatoms. The summed E-state index contributed by atoms with van der Waals surface area (Å²) in [6.07, 6.45) is 5.12. The summed E-state index contributed by atoms with van der Waals surface area (Å²) in [4.78, 5) is 30.3. The molecule has 1 aliphatic carbocycles. The van der Waals surface area contributed by atoms with Crippen molar-refractivity contribution in [3.8, 4) is 0 Å². The van der Waals surface area contributed by atoms with Crippen molar-refractivity contribution in [2.75, 3.05) is 10.8 Å². The number of carbonyl (C=O) groups excluding carboxylic acids is 2. The molecule has 0 heterocycles. The number of hydrogen-bond acceptors (Lipinski definition) is 4. The highest BCUT2D eigenvalue weighted by molar-refractivity contribution is 7.92. The molecule has 0 spiro atoms. The summed E-state index contributed by atoms with van der Waals surface area (Å²) in [5.41, 5.74) is 2.84. The molecule has 1 aliphatic rings. The first-order chi connectivity index (χ1) is 23.1. The number of hydrogen-bond donors (Lipinski definition) is 1. The van der Waals surface area contributed by atoms with Gasteiger partial charge in [0.1, 0.15) is 18.4 Å². The number of nitrogens with one attached hydrogen (secondary N) is 1. The highest BCUT2D eigenvalue weighted by Gasteiger charge is 2.35. The molecular weight excluding hydrogens is 626 g/mol. The predicted octanol–water partition coefficient (Wildman–Crippen LogP) is 7.23. The average molecular weight is 670 g/mol. The van der Waals surface area contributed by atoms with E-state index in [4.69, 9.17) is 0 Å². The number of nitrogens with zero attached hydrogens (tertiary/aromatic N) is 2. The van der Waals surface area contributed by atoms with Crippen LogP contribution < -0.4 is 9.62 Å². The van der Waals surface area contributed by atoms with Crippen molar-refractivity contribution >= 4 is 27.5 Å². The molecule has 0 radical (unpaired) electrons. The molecule has 1 atom stereocenters. The van der Waals surface area contributed by atoms with Gasteiger partial charge in [-0.1, -0.05) is 106 Å². The topological polar surface area (TPSA) is 86.8 Å². The molecule has 2 amide bonds. The van der Waals surface area contributed by atoms with Crippen LogP contribution in [0.2, 0.25) is 0 Å². The van der Waals surface area contributed by atoms with Gasteiger partial charge in [0.25, 0.3) is 10.0 Å². The summed E-state index contributed by atoms with van der Waals surface area (Å²) in [7, 11) is -4.19. The van der Waals surface area contributed by atoms with E-state index >= 15 is 0 Å².